The number of hydrogen-bond donors (Lipinski definition) is 2. The van der Waals surface area contributed by atoms with Gasteiger partial charge in [0.05, 0.1) is 19.0 Å². The molecule has 0 aliphatic carbocycles. The van der Waals surface area contributed by atoms with Crippen LogP contribution in [0.1, 0.15) is 0 Å². The van der Waals surface area contributed by atoms with Gasteiger partial charge in [-0.3, -0.25) is 0 Å². The Morgan fingerprint density at radius 3 is 2.81 bits per heavy atom. The fraction of sp³-hybridized carbons (Fsp3) is 1.00. The fourth-order valence-corrected chi connectivity index (χ4v) is 2.05. The second-order valence-electron chi connectivity index (χ2n) is 4.13. The minimum atomic E-state index is -3.07. The molecule has 1 unspecified atom stereocenters. The van der Waals surface area contributed by atoms with E-state index in [4.69, 9.17) is 4.74 Å². The summed E-state index contributed by atoms with van der Waals surface area (Å²) in [5.74, 6) is 0. The van der Waals surface area contributed by atoms with Gasteiger partial charge in [0, 0.05) is 32.7 Å². The van der Waals surface area contributed by atoms with Crippen molar-refractivity contribution in [2.75, 3.05) is 52.6 Å². The van der Waals surface area contributed by atoms with E-state index in [1.165, 1.54) is 0 Å². The molecule has 1 aliphatic rings. The molecule has 1 rings (SSSR count). The summed E-state index contributed by atoms with van der Waals surface area (Å²) < 4.78 is 29.5. The summed E-state index contributed by atoms with van der Waals surface area (Å²) in [7, 11) is -0.998. The van der Waals surface area contributed by atoms with Gasteiger partial charge in [-0.1, -0.05) is 0 Å². The van der Waals surface area contributed by atoms with Crippen molar-refractivity contribution in [2.24, 2.45) is 0 Å². The summed E-state index contributed by atoms with van der Waals surface area (Å²) in [6.45, 7) is 4.47. The molecule has 96 valence electrons. The van der Waals surface area contributed by atoms with Crippen LogP contribution >= 0.6 is 0 Å². The molecule has 0 aromatic rings. The first-order chi connectivity index (χ1) is 7.47. The maximum absolute atomic E-state index is 10.8. The van der Waals surface area contributed by atoms with Crippen molar-refractivity contribution < 1.29 is 13.2 Å². The van der Waals surface area contributed by atoms with Gasteiger partial charge in [-0.25, -0.2) is 13.1 Å². The van der Waals surface area contributed by atoms with Gasteiger partial charge in [0.1, 0.15) is 0 Å². The Labute approximate surface area is 97.4 Å². The number of rotatable bonds is 6. The molecule has 16 heavy (non-hydrogen) atoms. The Hall–Kier alpha value is -0.210. The molecule has 0 aromatic carbocycles. The number of ether oxygens (including phenoxy) is 1. The molecular formula is C9H21N3O3S. The average Bonchev–Trinajstić information content (AvgIpc) is 2.15. The summed E-state index contributed by atoms with van der Waals surface area (Å²) in [6.07, 6.45) is 1.36. The molecule has 1 saturated heterocycles. The third-order valence-electron chi connectivity index (χ3n) is 2.38. The molecule has 7 heteroatoms. The van der Waals surface area contributed by atoms with E-state index in [2.05, 4.69) is 22.0 Å². The van der Waals surface area contributed by atoms with Gasteiger partial charge in [0.15, 0.2) is 0 Å². The minimum Gasteiger partial charge on any atom is -0.374 e. The topological polar surface area (TPSA) is 70.7 Å². The molecule has 2 N–H and O–H groups in total. The van der Waals surface area contributed by atoms with Gasteiger partial charge in [-0.05, 0) is 7.05 Å². The zero-order valence-corrected chi connectivity index (χ0v) is 10.7. The van der Waals surface area contributed by atoms with Gasteiger partial charge in [-0.2, -0.15) is 0 Å². The Bertz CT molecular complexity index is 294. The average molecular weight is 251 g/mol. The first-order valence-corrected chi connectivity index (χ1v) is 7.32. The van der Waals surface area contributed by atoms with Gasteiger partial charge in [0.25, 0.3) is 0 Å². The first kappa shape index (κ1) is 13.9. The van der Waals surface area contributed by atoms with Crippen LogP contribution < -0.4 is 10.0 Å². The quantitative estimate of drug-likeness (QED) is 0.560. The maximum atomic E-state index is 10.8. The van der Waals surface area contributed by atoms with Crippen LogP contribution in [0.15, 0.2) is 0 Å². The molecule has 1 aliphatic heterocycles. The van der Waals surface area contributed by atoms with E-state index < -0.39 is 10.0 Å². The van der Waals surface area contributed by atoms with Crippen molar-refractivity contribution in [1.82, 2.24) is 14.9 Å². The maximum Gasteiger partial charge on any atom is 0.208 e. The van der Waals surface area contributed by atoms with Crippen molar-refractivity contribution >= 4 is 10.0 Å². The summed E-state index contributed by atoms with van der Waals surface area (Å²) >= 11 is 0. The van der Waals surface area contributed by atoms with Gasteiger partial charge < -0.3 is 15.0 Å². The predicted octanol–water partition coefficient (Wildman–Crippen LogP) is -1.54. The molecular weight excluding hydrogens is 230 g/mol. The molecule has 0 aromatic heterocycles. The Balaban J connectivity index is 2.02. The zero-order chi connectivity index (χ0) is 12.0. The van der Waals surface area contributed by atoms with Crippen LogP contribution in [0.4, 0.5) is 0 Å². The SMILES string of the molecule is CN1CCOC(CNCCNS(C)(=O)=O)C1. The smallest absolute Gasteiger partial charge is 0.208 e. The van der Waals surface area contributed by atoms with Crippen LogP contribution in [-0.4, -0.2) is 72.1 Å². The van der Waals surface area contributed by atoms with Crippen LogP contribution in [0.3, 0.4) is 0 Å². The number of sulfonamides is 1. The molecule has 0 saturated carbocycles. The first-order valence-electron chi connectivity index (χ1n) is 5.43. The summed E-state index contributed by atoms with van der Waals surface area (Å²) in [4.78, 5) is 2.23. The molecule has 0 amide bonds. The second-order valence-corrected chi connectivity index (χ2v) is 5.96. The van der Waals surface area contributed by atoms with E-state index >= 15 is 0 Å². The number of morpholine rings is 1. The lowest BCUT2D eigenvalue weighted by Crippen LogP contribution is -2.45. The Kier molecular flexibility index (Phi) is 5.63. The number of nitrogens with zero attached hydrogens (tertiary/aromatic N) is 1. The monoisotopic (exact) mass is 251 g/mol. The van der Waals surface area contributed by atoms with E-state index in [0.717, 1.165) is 32.5 Å². The largest absolute Gasteiger partial charge is 0.374 e. The van der Waals surface area contributed by atoms with E-state index in [1.54, 1.807) is 0 Å². The highest BCUT2D eigenvalue weighted by Crippen LogP contribution is 2.00. The van der Waals surface area contributed by atoms with Crippen molar-refractivity contribution in [3.63, 3.8) is 0 Å². The van der Waals surface area contributed by atoms with Crippen LogP contribution in [0.25, 0.3) is 0 Å². The van der Waals surface area contributed by atoms with Gasteiger partial charge in [-0.15, -0.1) is 0 Å². The third-order valence-corrected chi connectivity index (χ3v) is 3.11. The highest BCUT2D eigenvalue weighted by Gasteiger charge is 2.16. The van der Waals surface area contributed by atoms with Crippen LogP contribution in [-0.2, 0) is 14.8 Å². The highest BCUT2D eigenvalue weighted by atomic mass is 32.2. The minimum absolute atomic E-state index is 0.206. The number of nitrogens with one attached hydrogen (secondary N) is 2. The predicted molar refractivity (Wildman–Crippen MR) is 63.0 cm³/mol. The molecule has 6 nitrogen and oxygen atoms in total. The van der Waals surface area contributed by atoms with Crippen LogP contribution in [0, 0.1) is 0 Å². The van der Waals surface area contributed by atoms with E-state index in [1.807, 2.05) is 0 Å². The van der Waals surface area contributed by atoms with Crippen molar-refractivity contribution in [3.05, 3.63) is 0 Å². The highest BCUT2D eigenvalue weighted by molar-refractivity contribution is 7.88. The molecule has 1 atom stereocenters. The molecule has 1 heterocycles. The normalized spacial score (nSPS) is 23.5. The lowest BCUT2D eigenvalue weighted by atomic mass is 10.3. The van der Waals surface area contributed by atoms with Gasteiger partial charge in [0.2, 0.25) is 10.0 Å². The number of hydrogen-bond acceptors (Lipinski definition) is 5. The standard InChI is InChI=1S/C9H21N3O3S/c1-12-5-6-15-9(8-12)7-10-3-4-11-16(2,13)14/h9-11H,3-8H2,1-2H3. The summed E-state index contributed by atoms with van der Waals surface area (Å²) in [5, 5.41) is 3.17. The number of likely N-dealkylation sites (N-methyl/N-ethyl adjacent to an activating group) is 1. The lowest BCUT2D eigenvalue weighted by molar-refractivity contribution is -0.0179. The van der Waals surface area contributed by atoms with Crippen LogP contribution in [0.2, 0.25) is 0 Å². The zero-order valence-electron chi connectivity index (χ0n) is 9.90. The van der Waals surface area contributed by atoms with E-state index in [0.29, 0.717) is 13.1 Å². The van der Waals surface area contributed by atoms with Crippen molar-refractivity contribution in [1.29, 1.82) is 0 Å². The third kappa shape index (κ3) is 6.39. The van der Waals surface area contributed by atoms with Crippen LogP contribution in [0.5, 0.6) is 0 Å². The van der Waals surface area contributed by atoms with E-state index in [9.17, 15) is 8.42 Å². The fourth-order valence-electron chi connectivity index (χ4n) is 1.58. The molecule has 0 radical (unpaired) electrons. The Morgan fingerprint density at radius 1 is 1.44 bits per heavy atom. The molecule has 0 bridgehead atoms. The van der Waals surface area contributed by atoms with Crippen molar-refractivity contribution in [3.8, 4) is 0 Å². The van der Waals surface area contributed by atoms with Crippen molar-refractivity contribution in [2.45, 2.75) is 6.10 Å². The molecule has 1 fully saturated rings. The summed E-state index contributed by atoms with van der Waals surface area (Å²) in [6, 6.07) is 0. The summed E-state index contributed by atoms with van der Waals surface area (Å²) in [5.41, 5.74) is 0. The molecule has 0 spiro atoms. The van der Waals surface area contributed by atoms with Gasteiger partial charge >= 0.3 is 0 Å². The lowest BCUT2D eigenvalue weighted by Gasteiger charge is -2.30. The second kappa shape index (κ2) is 6.51. The Morgan fingerprint density at radius 2 is 2.19 bits per heavy atom. The van der Waals surface area contributed by atoms with E-state index in [-0.39, 0.29) is 6.10 Å².